The van der Waals surface area contributed by atoms with E-state index in [0.717, 1.165) is 25.7 Å². The number of hydrogen-bond donors (Lipinski definition) is 2. The second-order valence-corrected chi connectivity index (χ2v) is 7.08. The first kappa shape index (κ1) is 15.4. The Morgan fingerprint density at radius 2 is 1.95 bits per heavy atom. The normalized spacial score (nSPS) is 30.7. The number of amides is 1. The molecule has 112 valence electrons. The van der Waals surface area contributed by atoms with Crippen molar-refractivity contribution < 1.29 is 4.79 Å². The van der Waals surface area contributed by atoms with Crippen molar-refractivity contribution in [3.05, 3.63) is 11.4 Å². The average Bonchev–Trinajstić information content (AvgIpc) is 2.44. The fraction of sp³-hybridized carbons (Fsp3) is 0.733. The lowest BCUT2D eigenvalue weighted by Crippen LogP contribution is -2.50. The summed E-state index contributed by atoms with van der Waals surface area (Å²) in [7, 11) is 0. The van der Waals surface area contributed by atoms with Crippen molar-refractivity contribution >= 4 is 23.3 Å². The van der Waals surface area contributed by atoms with Crippen molar-refractivity contribution in [3.63, 3.8) is 0 Å². The van der Waals surface area contributed by atoms with Crippen molar-refractivity contribution in [3.8, 4) is 0 Å². The van der Waals surface area contributed by atoms with Crippen LogP contribution in [0.25, 0.3) is 0 Å². The summed E-state index contributed by atoms with van der Waals surface area (Å²) in [5.41, 5.74) is 0.179. The molecule has 1 amide bonds. The van der Waals surface area contributed by atoms with Gasteiger partial charge in [0, 0.05) is 24.6 Å². The third-order valence-electron chi connectivity index (χ3n) is 4.42. The third kappa shape index (κ3) is 3.75. The molecular weight excluding hydrogens is 274 g/mol. The van der Waals surface area contributed by atoms with E-state index in [0.29, 0.717) is 29.2 Å². The number of carbonyl (C=O) groups is 1. The molecule has 2 rings (SSSR count). The van der Waals surface area contributed by atoms with E-state index >= 15 is 0 Å². The van der Waals surface area contributed by atoms with E-state index in [2.05, 4.69) is 29.5 Å². The van der Waals surface area contributed by atoms with Crippen molar-refractivity contribution in [2.24, 2.45) is 10.4 Å². The minimum absolute atomic E-state index is 0.0255. The lowest BCUT2D eigenvalue weighted by atomic mass is 9.68. The third-order valence-corrected chi connectivity index (χ3v) is 4.61. The van der Waals surface area contributed by atoms with Gasteiger partial charge >= 0.3 is 0 Å². The Morgan fingerprint density at radius 3 is 2.55 bits per heavy atom. The molecule has 0 aromatic heterocycles. The van der Waals surface area contributed by atoms with Gasteiger partial charge in [0.05, 0.1) is 0 Å². The van der Waals surface area contributed by atoms with Gasteiger partial charge in [-0.1, -0.05) is 32.4 Å². The highest BCUT2D eigenvalue weighted by Crippen LogP contribution is 2.41. The number of carbonyl (C=O) groups excluding carboxylic acids is 1. The highest BCUT2D eigenvalue weighted by atomic mass is 35.5. The lowest BCUT2D eigenvalue weighted by Gasteiger charge is -2.43. The zero-order valence-corrected chi connectivity index (χ0v) is 13.3. The molecule has 1 heterocycles. The quantitative estimate of drug-likeness (QED) is 0.730. The molecule has 0 radical (unpaired) electrons. The summed E-state index contributed by atoms with van der Waals surface area (Å²) >= 11 is 6.11. The molecule has 1 aliphatic carbocycles. The van der Waals surface area contributed by atoms with E-state index in [9.17, 15) is 4.79 Å². The summed E-state index contributed by atoms with van der Waals surface area (Å²) in [6.07, 6.45) is 7.07. The molecule has 0 bridgehead atoms. The molecule has 1 aliphatic heterocycles. The summed E-state index contributed by atoms with van der Waals surface area (Å²) in [5.74, 6) is 0.656. The van der Waals surface area contributed by atoms with Crippen molar-refractivity contribution in [2.45, 2.75) is 64.8 Å². The molecule has 20 heavy (non-hydrogen) atoms. The van der Waals surface area contributed by atoms with Gasteiger partial charge in [-0.05, 0) is 31.1 Å². The van der Waals surface area contributed by atoms with E-state index in [4.69, 9.17) is 11.6 Å². The molecular formula is C15H24ClN3O. The van der Waals surface area contributed by atoms with Crippen LogP contribution in [0.1, 0.15) is 59.3 Å². The first-order valence-corrected chi connectivity index (χ1v) is 7.73. The molecule has 0 unspecified atom stereocenters. The van der Waals surface area contributed by atoms with E-state index in [1.54, 1.807) is 6.20 Å². The Kier molecular flexibility index (Phi) is 4.43. The van der Waals surface area contributed by atoms with E-state index in [1.807, 2.05) is 6.92 Å². The summed E-state index contributed by atoms with van der Waals surface area (Å²) in [5, 5.41) is 6.65. The predicted molar refractivity (Wildman–Crippen MR) is 82.5 cm³/mol. The molecule has 2 aliphatic rings. The molecule has 0 atom stereocenters. The Bertz CT molecular complexity index is 444. The predicted octanol–water partition coefficient (Wildman–Crippen LogP) is 3.28. The summed E-state index contributed by atoms with van der Waals surface area (Å²) in [6, 6.07) is 0. The van der Waals surface area contributed by atoms with Gasteiger partial charge in [0.15, 0.2) is 0 Å². The fourth-order valence-electron chi connectivity index (χ4n) is 2.86. The molecule has 1 fully saturated rings. The van der Waals surface area contributed by atoms with Gasteiger partial charge in [-0.15, -0.1) is 0 Å². The Hall–Kier alpha value is -1.03. The fourth-order valence-corrected chi connectivity index (χ4v) is 3.02. The van der Waals surface area contributed by atoms with E-state index < -0.39 is 0 Å². The highest BCUT2D eigenvalue weighted by Gasteiger charge is 2.39. The van der Waals surface area contributed by atoms with Crippen molar-refractivity contribution in [1.29, 1.82) is 0 Å². The lowest BCUT2D eigenvalue weighted by molar-refractivity contribution is -0.121. The van der Waals surface area contributed by atoms with Crippen LogP contribution in [0.5, 0.6) is 0 Å². The standard InChI is InChI=1S/C15H24ClN3O/c1-4-12-18-11(16)10-17-15(9-13(20)19-12)7-5-14(2,3)6-8-15/h10,17H,4-9H2,1-3H3,(H,18,19,20)/b11-10-. The van der Waals surface area contributed by atoms with Gasteiger partial charge < -0.3 is 10.6 Å². The minimum atomic E-state index is -0.182. The van der Waals surface area contributed by atoms with Crippen LogP contribution >= 0.6 is 11.6 Å². The largest absolute Gasteiger partial charge is 0.382 e. The molecule has 0 aromatic carbocycles. The maximum Gasteiger partial charge on any atom is 0.227 e. The second-order valence-electron chi connectivity index (χ2n) is 6.69. The van der Waals surface area contributed by atoms with Crippen LogP contribution in [0.15, 0.2) is 16.3 Å². The average molecular weight is 298 g/mol. The molecule has 0 saturated heterocycles. The van der Waals surface area contributed by atoms with Crippen LogP contribution in [-0.2, 0) is 4.79 Å². The van der Waals surface area contributed by atoms with Gasteiger partial charge in [0.25, 0.3) is 0 Å². The van der Waals surface area contributed by atoms with Gasteiger partial charge in [-0.2, -0.15) is 0 Å². The number of rotatable bonds is 1. The summed E-state index contributed by atoms with van der Waals surface area (Å²) in [4.78, 5) is 16.4. The van der Waals surface area contributed by atoms with Crippen LogP contribution in [0, 0.1) is 5.41 Å². The van der Waals surface area contributed by atoms with Gasteiger partial charge in [-0.25, -0.2) is 4.99 Å². The topological polar surface area (TPSA) is 53.5 Å². The summed E-state index contributed by atoms with van der Waals surface area (Å²) in [6.45, 7) is 6.53. The molecule has 0 aromatic rings. The summed E-state index contributed by atoms with van der Waals surface area (Å²) < 4.78 is 0. The number of hydrogen-bond acceptors (Lipinski definition) is 3. The van der Waals surface area contributed by atoms with Gasteiger partial charge in [-0.3, -0.25) is 4.79 Å². The maximum absolute atomic E-state index is 12.2. The molecule has 1 saturated carbocycles. The van der Waals surface area contributed by atoms with Crippen LogP contribution in [0.2, 0.25) is 0 Å². The monoisotopic (exact) mass is 297 g/mol. The zero-order valence-electron chi connectivity index (χ0n) is 12.6. The van der Waals surface area contributed by atoms with Crippen molar-refractivity contribution in [2.75, 3.05) is 0 Å². The van der Waals surface area contributed by atoms with Crippen molar-refractivity contribution in [1.82, 2.24) is 10.6 Å². The number of aliphatic imine (C=N–C) groups is 1. The maximum atomic E-state index is 12.2. The second kappa shape index (κ2) is 5.76. The molecule has 4 nitrogen and oxygen atoms in total. The molecule has 1 spiro atoms. The first-order chi connectivity index (χ1) is 9.34. The zero-order chi connectivity index (χ0) is 14.8. The van der Waals surface area contributed by atoms with E-state index in [-0.39, 0.29) is 11.4 Å². The SMILES string of the molecule is CC/C1=N\C(Cl)=C/NC2(CCC(C)(C)CC2)CC(=O)N1. The Balaban J connectivity index is 2.18. The van der Waals surface area contributed by atoms with Gasteiger partial charge in [0.1, 0.15) is 11.0 Å². The van der Waals surface area contributed by atoms with Crippen LogP contribution < -0.4 is 10.6 Å². The number of nitrogens with zero attached hydrogens (tertiary/aromatic N) is 1. The Labute approximate surface area is 126 Å². The first-order valence-electron chi connectivity index (χ1n) is 7.35. The highest BCUT2D eigenvalue weighted by molar-refractivity contribution is 6.30. The molecule has 5 heteroatoms. The molecule has 2 N–H and O–H groups in total. The van der Waals surface area contributed by atoms with Crippen LogP contribution in [0.3, 0.4) is 0 Å². The van der Waals surface area contributed by atoms with Crippen LogP contribution in [-0.4, -0.2) is 17.3 Å². The minimum Gasteiger partial charge on any atom is -0.382 e. The number of nitrogens with one attached hydrogen (secondary N) is 2. The smallest absolute Gasteiger partial charge is 0.227 e. The number of halogens is 1. The number of amidine groups is 1. The van der Waals surface area contributed by atoms with E-state index in [1.165, 1.54) is 0 Å². The van der Waals surface area contributed by atoms with Gasteiger partial charge in [0.2, 0.25) is 5.91 Å². The van der Waals surface area contributed by atoms with Crippen LogP contribution in [0.4, 0.5) is 0 Å². The Morgan fingerprint density at radius 1 is 1.30 bits per heavy atom.